The molecular formula is C28H31N9O3S. The number of para-hydroxylation sites is 1. The van der Waals surface area contributed by atoms with Gasteiger partial charge in [0.1, 0.15) is 11.5 Å². The Morgan fingerprint density at radius 1 is 1.07 bits per heavy atom. The lowest BCUT2D eigenvalue weighted by molar-refractivity contribution is 0.0952. The van der Waals surface area contributed by atoms with Crippen LogP contribution in [0.3, 0.4) is 0 Å². The third kappa shape index (κ3) is 6.81. The maximum Gasteiger partial charge on any atom is 0.251 e. The van der Waals surface area contributed by atoms with Crippen molar-refractivity contribution in [2.45, 2.75) is 19.5 Å². The van der Waals surface area contributed by atoms with Crippen LogP contribution >= 0.6 is 0 Å². The molecule has 41 heavy (non-hydrogen) atoms. The average molecular weight is 574 g/mol. The second-order valence-corrected chi connectivity index (χ2v) is 11.5. The van der Waals surface area contributed by atoms with Gasteiger partial charge in [0.05, 0.1) is 23.7 Å². The van der Waals surface area contributed by atoms with Gasteiger partial charge in [0.15, 0.2) is 0 Å². The molecule has 2 aromatic carbocycles. The number of aromatic amines is 1. The molecule has 12 nitrogen and oxygen atoms in total. The normalized spacial score (nSPS) is 11.4. The number of nitrogens with one attached hydrogen (secondary N) is 4. The molecule has 5 aromatic rings. The zero-order valence-corrected chi connectivity index (χ0v) is 23.5. The van der Waals surface area contributed by atoms with Crippen LogP contribution in [0.25, 0.3) is 11.0 Å². The Bertz CT molecular complexity index is 1730. The summed E-state index contributed by atoms with van der Waals surface area (Å²) in [6.07, 6.45) is 9.13. The lowest BCUT2D eigenvalue weighted by Crippen LogP contribution is -2.26. The van der Waals surface area contributed by atoms with Crippen molar-refractivity contribution >= 4 is 50.1 Å². The molecule has 0 aliphatic carbocycles. The maximum absolute atomic E-state index is 12.5. The van der Waals surface area contributed by atoms with E-state index in [0.29, 0.717) is 41.8 Å². The van der Waals surface area contributed by atoms with E-state index in [-0.39, 0.29) is 5.91 Å². The highest BCUT2D eigenvalue weighted by Gasteiger charge is 2.16. The summed E-state index contributed by atoms with van der Waals surface area (Å²) in [5.41, 5.74) is 3.30. The van der Waals surface area contributed by atoms with Gasteiger partial charge in [-0.05, 0) is 48.4 Å². The number of H-pyrrole nitrogens is 1. The number of carbonyl (C=O) groups is 1. The van der Waals surface area contributed by atoms with Crippen molar-refractivity contribution in [1.82, 2.24) is 29.8 Å². The molecule has 0 aliphatic rings. The number of carbonyl (C=O) groups excluding carboxylic acids is 1. The van der Waals surface area contributed by atoms with Crippen molar-refractivity contribution in [1.29, 1.82) is 0 Å². The first-order valence-electron chi connectivity index (χ1n) is 13.0. The van der Waals surface area contributed by atoms with Crippen LogP contribution < -0.4 is 20.3 Å². The van der Waals surface area contributed by atoms with E-state index in [0.717, 1.165) is 29.6 Å². The van der Waals surface area contributed by atoms with Crippen LogP contribution in [-0.2, 0) is 23.1 Å². The Morgan fingerprint density at radius 3 is 2.63 bits per heavy atom. The Labute approximate surface area is 237 Å². The van der Waals surface area contributed by atoms with Gasteiger partial charge in [0.25, 0.3) is 5.91 Å². The first-order valence-corrected chi connectivity index (χ1v) is 14.8. The first-order chi connectivity index (χ1) is 19.8. The zero-order valence-electron chi connectivity index (χ0n) is 22.7. The maximum atomic E-state index is 12.5. The van der Waals surface area contributed by atoms with Crippen LogP contribution in [0.5, 0.6) is 0 Å². The Morgan fingerprint density at radius 2 is 1.88 bits per heavy atom. The minimum atomic E-state index is -3.41. The van der Waals surface area contributed by atoms with Crippen LogP contribution in [0.1, 0.15) is 22.3 Å². The number of anilines is 4. The van der Waals surface area contributed by atoms with Crippen molar-refractivity contribution in [3.8, 4) is 0 Å². The van der Waals surface area contributed by atoms with E-state index in [1.165, 1.54) is 17.6 Å². The van der Waals surface area contributed by atoms with Gasteiger partial charge in [0.2, 0.25) is 16.0 Å². The number of hydrogen-bond acceptors (Lipinski definition) is 8. The number of rotatable bonds is 12. The molecule has 0 radical (unpaired) electrons. The smallest absolute Gasteiger partial charge is 0.251 e. The number of aryl methyl sites for hydroxylation is 1. The van der Waals surface area contributed by atoms with E-state index in [1.54, 1.807) is 55.1 Å². The topological polar surface area (TPSA) is 150 Å². The standard InChI is InChI=1S/C28H31N9O3S/c1-36(41(2,39)40)24-7-4-3-6-21(24)18-32-26-23-12-14-30-25(23)34-28(35-26)33-22-10-8-20(9-11-22)27(38)31-13-5-16-37-17-15-29-19-37/h3-4,6-12,14-15,17,19H,5,13,16,18H2,1-2H3,(H,31,38)(H3,30,32,33,34,35). The molecule has 0 unspecified atom stereocenters. The number of benzene rings is 2. The molecule has 1 amide bonds. The summed E-state index contributed by atoms with van der Waals surface area (Å²) in [6, 6.07) is 16.3. The fourth-order valence-corrected chi connectivity index (χ4v) is 4.81. The summed E-state index contributed by atoms with van der Waals surface area (Å²) in [5, 5.41) is 10.3. The number of sulfonamides is 1. The van der Waals surface area contributed by atoms with Crippen LogP contribution in [-0.4, -0.2) is 58.7 Å². The second-order valence-electron chi connectivity index (χ2n) is 9.46. The number of hydrogen-bond donors (Lipinski definition) is 4. The van der Waals surface area contributed by atoms with Crippen molar-refractivity contribution in [2.75, 3.05) is 34.8 Å². The second kappa shape index (κ2) is 12.1. The molecule has 212 valence electrons. The van der Waals surface area contributed by atoms with E-state index in [2.05, 4.69) is 35.9 Å². The number of imidazole rings is 1. The number of aromatic nitrogens is 5. The highest BCUT2D eigenvalue weighted by atomic mass is 32.2. The van der Waals surface area contributed by atoms with Gasteiger partial charge in [-0.2, -0.15) is 9.97 Å². The molecule has 0 atom stereocenters. The molecule has 13 heteroatoms. The van der Waals surface area contributed by atoms with Gasteiger partial charge in [-0.1, -0.05) is 18.2 Å². The van der Waals surface area contributed by atoms with E-state index in [9.17, 15) is 13.2 Å². The lowest BCUT2D eigenvalue weighted by Gasteiger charge is -2.20. The van der Waals surface area contributed by atoms with E-state index < -0.39 is 10.0 Å². The van der Waals surface area contributed by atoms with Gasteiger partial charge in [-0.15, -0.1) is 0 Å². The molecule has 3 aromatic heterocycles. The number of amides is 1. The molecule has 0 spiro atoms. The SMILES string of the molecule is CN(c1ccccc1CNc1nc(Nc2ccc(C(=O)NCCCn3ccnc3)cc2)nc2[nH]ccc12)S(C)(=O)=O. The van der Waals surface area contributed by atoms with Crippen molar-refractivity contribution < 1.29 is 13.2 Å². The predicted octanol–water partition coefficient (Wildman–Crippen LogP) is 3.73. The molecule has 0 aliphatic heterocycles. The molecule has 3 heterocycles. The monoisotopic (exact) mass is 573 g/mol. The third-order valence-electron chi connectivity index (χ3n) is 6.53. The summed E-state index contributed by atoms with van der Waals surface area (Å²) in [7, 11) is -1.88. The molecule has 4 N–H and O–H groups in total. The van der Waals surface area contributed by atoms with Crippen molar-refractivity contribution in [2.24, 2.45) is 0 Å². The van der Waals surface area contributed by atoms with Crippen molar-refractivity contribution in [3.05, 3.63) is 90.6 Å². The minimum Gasteiger partial charge on any atom is -0.365 e. The van der Waals surface area contributed by atoms with E-state index >= 15 is 0 Å². The van der Waals surface area contributed by atoms with Crippen LogP contribution in [0.2, 0.25) is 0 Å². The molecule has 5 rings (SSSR count). The number of fused-ring (bicyclic) bond motifs is 1. The van der Waals surface area contributed by atoms with E-state index in [1.807, 2.05) is 29.0 Å². The summed E-state index contributed by atoms with van der Waals surface area (Å²) in [4.78, 5) is 28.9. The Kier molecular flexibility index (Phi) is 8.15. The molecule has 0 bridgehead atoms. The first kappa shape index (κ1) is 27.6. The Hall–Kier alpha value is -4.91. The fraction of sp³-hybridized carbons (Fsp3) is 0.214. The number of nitrogens with zero attached hydrogens (tertiary/aromatic N) is 5. The van der Waals surface area contributed by atoms with Crippen LogP contribution in [0.15, 0.2) is 79.5 Å². The average Bonchev–Trinajstić information content (AvgIpc) is 3.66. The zero-order chi connectivity index (χ0) is 28.8. The van der Waals surface area contributed by atoms with Gasteiger partial charge < -0.3 is 25.5 Å². The van der Waals surface area contributed by atoms with Gasteiger partial charge in [-0.3, -0.25) is 9.10 Å². The quantitative estimate of drug-likeness (QED) is 0.165. The predicted molar refractivity (Wildman–Crippen MR) is 160 cm³/mol. The molecule has 0 fully saturated rings. The molecular weight excluding hydrogens is 542 g/mol. The minimum absolute atomic E-state index is 0.139. The van der Waals surface area contributed by atoms with Gasteiger partial charge >= 0.3 is 0 Å². The highest BCUT2D eigenvalue weighted by Crippen LogP contribution is 2.26. The van der Waals surface area contributed by atoms with Crippen molar-refractivity contribution in [3.63, 3.8) is 0 Å². The third-order valence-corrected chi connectivity index (χ3v) is 7.72. The fourth-order valence-electron chi connectivity index (χ4n) is 4.28. The molecule has 0 saturated heterocycles. The lowest BCUT2D eigenvalue weighted by atomic mass is 10.1. The molecule has 0 saturated carbocycles. The van der Waals surface area contributed by atoms with Gasteiger partial charge in [-0.25, -0.2) is 13.4 Å². The Balaban J connectivity index is 1.24. The largest absolute Gasteiger partial charge is 0.365 e. The highest BCUT2D eigenvalue weighted by molar-refractivity contribution is 7.92. The summed E-state index contributed by atoms with van der Waals surface area (Å²) in [6.45, 7) is 1.69. The van der Waals surface area contributed by atoms with Crippen LogP contribution in [0, 0.1) is 0 Å². The summed E-state index contributed by atoms with van der Waals surface area (Å²) in [5.74, 6) is 0.808. The summed E-state index contributed by atoms with van der Waals surface area (Å²) >= 11 is 0. The van der Waals surface area contributed by atoms with Crippen LogP contribution in [0.4, 0.5) is 23.1 Å². The van der Waals surface area contributed by atoms with E-state index in [4.69, 9.17) is 0 Å². The summed E-state index contributed by atoms with van der Waals surface area (Å²) < 4.78 is 27.5. The van der Waals surface area contributed by atoms with Gasteiger partial charge in [0, 0.05) is 56.5 Å².